The summed E-state index contributed by atoms with van der Waals surface area (Å²) in [4.78, 5) is 24.5. The Kier molecular flexibility index (Phi) is 65.9. The van der Waals surface area contributed by atoms with Crippen molar-refractivity contribution in [2.45, 2.75) is 398 Å². The molecule has 0 aliphatic rings. The molecule has 460 valence electrons. The van der Waals surface area contributed by atoms with E-state index in [9.17, 15) is 19.8 Å². The number of hydrogen-bond acceptors (Lipinski definition) is 5. The smallest absolute Gasteiger partial charge is 0.305 e. The number of nitrogens with one attached hydrogen (secondary N) is 1. The number of aliphatic hydroxyl groups is 2. The van der Waals surface area contributed by atoms with Gasteiger partial charge in [0.25, 0.3) is 0 Å². The quantitative estimate of drug-likeness (QED) is 0.0320. The van der Waals surface area contributed by atoms with Gasteiger partial charge >= 0.3 is 5.97 Å². The van der Waals surface area contributed by atoms with Crippen LogP contribution in [0.15, 0.2) is 36.5 Å². The first-order valence-corrected chi connectivity index (χ1v) is 35.2. The third kappa shape index (κ3) is 63.3. The van der Waals surface area contributed by atoms with Crippen LogP contribution in [0.4, 0.5) is 0 Å². The zero-order valence-corrected chi connectivity index (χ0v) is 52.7. The van der Waals surface area contributed by atoms with Gasteiger partial charge in [-0.2, -0.15) is 0 Å². The highest BCUT2D eigenvalue weighted by Crippen LogP contribution is 2.18. The van der Waals surface area contributed by atoms with Crippen LogP contribution in [0.5, 0.6) is 0 Å². The number of ether oxygens (including phenoxy) is 1. The van der Waals surface area contributed by atoms with Crippen molar-refractivity contribution < 1.29 is 24.5 Å². The molecular weight excluding hydrogens is 959 g/mol. The van der Waals surface area contributed by atoms with E-state index in [1.54, 1.807) is 0 Å². The second kappa shape index (κ2) is 67.6. The van der Waals surface area contributed by atoms with Crippen LogP contribution in [0.1, 0.15) is 386 Å². The van der Waals surface area contributed by atoms with E-state index in [1.807, 2.05) is 0 Å². The van der Waals surface area contributed by atoms with Gasteiger partial charge in [-0.15, -0.1) is 0 Å². The molecule has 3 N–H and O–H groups in total. The number of hydrogen-bond donors (Lipinski definition) is 3. The minimum absolute atomic E-state index is 0.00770. The van der Waals surface area contributed by atoms with Crippen LogP contribution in [0.3, 0.4) is 0 Å². The molecule has 0 saturated carbocycles. The summed E-state index contributed by atoms with van der Waals surface area (Å²) in [5.74, 6) is -0.0233. The van der Waals surface area contributed by atoms with Crippen molar-refractivity contribution in [3.63, 3.8) is 0 Å². The largest absolute Gasteiger partial charge is 0.466 e. The zero-order chi connectivity index (χ0) is 56.4. The Labute approximate surface area is 487 Å². The number of aliphatic hydroxyl groups excluding tert-OH is 2. The average Bonchev–Trinajstić information content (AvgIpc) is 3.44. The van der Waals surface area contributed by atoms with E-state index in [0.717, 1.165) is 51.4 Å². The fourth-order valence-electron chi connectivity index (χ4n) is 11.0. The number of amides is 1. The molecule has 0 saturated heterocycles. The van der Waals surface area contributed by atoms with Crippen molar-refractivity contribution in [2.24, 2.45) is 0 Å². The lowest BCUT2D eigenvalue weighted by Gasteiger charge is -2.22. The molecule has 6 nitrogen and oxygen atoms in total. The molecule has 0 heterocycles. The van der Waals surface area contributed by atoms with E-state index in [0.29, 0.717) is 25.9 Å². The lowest BCUT2D eigenvalue weighted by atomic mass is 10.0. The standard InChI is InChI=1S/C72H137NO5/c1-3-5-7-9-11-13-15-40-44-48-52-56-60-64-70(75)69(68-74)73-71(76)65-61-57-53-49-45-42-38-36-34-32-30-28-26-24-22-20-18-17-19-21-23-25-27-29-31-33-35-37-39-43-47-51-55-59-63-67-78-72(77)66-62-58-54-50-46-41-16-14-12-10-8-6-4-2/h14,16,19,21,25,27,69-70,74-75H,3-13,15,17-18,20,22-24,26,28-68H2,1-2H3,(H,73,76)/b16-14-,21-19-,27-25-. The maximum atomic E-state index is 12.5. The van der Waals surface area contributed by atoms with Crippen molar-refractivity contribution in [3.05, 3.63) is 36.5 Å². The summed E-state index contributed by atoms with van der Waals surface area (Å²) in [5, 5.41) is 23.3. The van der Waals surface area contributed by atoms with Gasteiger partial charge in [0.1, 0.15) is 0 Å². The number of rotatable bonds is 66. The highest BCUT2D eigenvalue weighted by atomic mass is 16.5. The predicted molar refractivity (Wildman–Crippen MR) is 343 cm³/mol. The number of carbonyl (C=O) groups excluding carboxylic acids is 2. The lowest BCUT2D eigenvalue weighted by Crippen LogP contribution is -2.45. The van der Waals surface area contributed by atoms with Gasteiger partial charge in [-0.25, -0.2) is 0 Å². The molecule has 0 fully saturated rings. The maximum Gasteiger partial charge on any atom is 0.305 e. The normalized spacial score (nSPS) is 12.7. The molecule has 2 unspecified atom stereocenters. The molecule has 0 aromatic carbocycles. The first kappa shape index (κ1) is 76.1. The number of carbonyl (C=O) groups is 2. The minimum Gasteiger partial charge on any atom is -0.466 e. The van der Waals surface area contributed by atoms with Crippen LogP contribution in [0.25, 0.3) is 0 Å². The molecule has 0 bridgehead atoms. The maximum absolute atomic E-state index is 12.5. The Morgan fingerprint density at radius 1 is 0.359 bits per heavy atom. The molecule has 0 aromatic heterocycles. The van der Waals surface area contributed by atoms with Gasteiger partial charge in [0.05, 0.1) is 25.4 Å². The average molecular weight is 1100 g/mol. The lowest BCUT2D eigenvalue weighted by molar-refractivity contribution is -0.143. The molecule has 0 aliphatic carbocycles. The SMILES string of the molecule is CCCCCC/C=C\CCCCCCCC(=O)OCCCCCCCCCCCCC/C=C\C/C=C\CCCCCCCCCCCCCCCCCCCC(=O)NC(CO)C(O)CCCCCCCCCCCCCCC. The van der Waals surface area contributed by atoms with Crippen LogP contribution >= 0.6 is 0 Å². The Morgan fingerprint density at radius 3 is 1.00 bits per heavy atom. The topological polar surface area (TPSA) is 95.9 Å². The summed E-state index contributed by atoms with van der Waals surface area (Å²) in [5.41, 5.74) is 0. The number of unbranched alkanes of at least 4 members (excludes halogenated alkanes) is 49. The molecule has 0 rings (SSSR count). The molecule has 0 aromatic rings. The minimum atomic E-state index is -0.662. The van der Waals surface area contributed by atoms with Gasteiger partial charge in [-0.05, 0) is 83.5 Å². The van der Waals surface area contributed by atoms with Crippen molar-refractivity contribution in [1.29, 1.82) is 0 Å². The van der Waals surface area contributed by atoms with Crippen LogP contribution in [-0.2, 0) is 14.3 Å². The Bertz CT molecular complexity index is 1260. The first-order chi connectivity index (χ1) is 38.5. The van der Waals surface area contributed by atoms with Crippen molar-refractivity contribution in [1.82, 2.24) is 5.32 Å². The van der Waals surface area contributed by atoms with Crippen molar-refractivity contribution in [2.75, 3.05) is 13.2 Å². The van der Waals surface area contributed by atoms with E-state index in [4.69, 9.17) is 4.74 Å². The van der Waals surface area contributed by atoms with Crippen molar-refractivity contribution >= 4 is 11.9 Å². The van der Waals surface area contributed by atoms with Gasteiger partial charge in [-0.3, -0.25) is 9.59 Å². The van der Waals surface area contributed by atoms with Gasteiger partial charge in [0.2, 0.25) is 5.91 Å². The molecule has 78 heavy (non-hydrogen) atoms. The Hall–Kier alpha value is -1.92. The third-order valence-electron chi connectivity index (χ3n) is 16.4. The zero-order valence-electron chi connectivity index (χ0n) is 52.7. The predicted octanol–water partition coefficient (Wildman–Crippen LogP) is 22.7. The monoisotopic (exact) mass is 1100 g/mol. The van der Waals surface area contributed by atoms with E-state index in [-0.39, 0.29) is 18.5 Å². The summed E-state index contributed by atoms with van der Waals surface area (Å²) in [6.45, 7) is 4.96. The Balaban J connectivity index is 3.36. The second-order valence-corrected chi connectivity index (χ2v) is 24.2. The van der Waals surface area contributed by atoms with Gasteiger partial charge in [0.15, 0.2) is 0 Å². The number of allylic oxidation sites excluding steroid dienone is 6. The highest BCUT2D eigenvalue weighted by molar-refractivity contribution is 5.76. The van der Waals surface area contributed by atoms with Crippen LogP contribution in [0.2, 0.25) is 0 Å². The van der Waals surface area contributed by atoms with Crippen LogP contribution in [0, 0.1) is 0 Å². The molecular formula is C72H137NO5. The molecule has 1 amide bonds. The van der Waals surface area contributed by atoms with Crippen LogP contribution in [-0.4, -0.2) is 47.4 Å². The van der Waals surface area contributed by atoms with Crippen molar-refractivity contribution in [3.8, 4) is 0 Å². The fourth-order valence-corrected chi connectivity index (χ4v) is 11.0. The second-order valence-electron chi connectivity index (χ2n) is 24.2. The molecule has 2 atom stereocenters. The molecule has 6 heteroatoms. The summed E-state index contributed by atoms with van der Waals surface area (Å²) in [6.07, 6.45) is 86.3. The highest BCUT2D eigenvalue weighted by Gasteiger charge is 2.20. The summed E-state index contributed by atoms with van der Waals surface area (Å²) >= 11 is 0. The van der Waals surface area contributed by atoms with E-state index in [1.165, 1.54) is 302 Å². The van der Waals surface area contributed by atoms with E-state index in [2.05, 4.69) is 55.6 Å². The Morgan fingerprint density at radius 2 is 0.641 bits per heavy atom. The fraction of sp³-hybridized carbons (Fsp3) is 0.889. The summed E-state index contributed by atoms with van der Waals surface area (Å²) < 4.78 is 5.48. The van der Waals surface area contributed by atoms with Gasteiger partial charge < -0.3 is 20.3 Å². The molecule has 0 radical (unpaired) electrons. The van der Waals surface area contributed by atoms with E-state index < -0.39 is 12.1 Å². The third-order valence-corrected chi connectivity index (χ3v) is 16.4. The summed E-state index contributed by atoms with van der Waals surface area (Å²) in [7, 11) is 0. The molecule has 0 aliphatic heterocycles. The van der Waals surface area contributed by atoms with E-state index >= 15 is 0 Å². The number of esters is 1. The molecule has 0 spiro atoms. The first-order valence-electron chi connectivity index (χ1n) is 35.2. The van der Waals surface area contributed by atoms with Gasteiger partial charge in [0, 0.05) is 12.8 Å². The van der Waals surface area contributed by atoms with Gasteiger partial charge in [-0.1, -0.05) is 326 Å². The van der Waals surface area contributed by atoms with Crippen LogP contribution < -0.4 is 5.32 Å². The summed E-state index contributed by atoms with van der Waals surface area (Å²) in [6, 6.07) is -0.539.